The minimum Gasteiger partial charge on any atom is -0.377 e. The third kappa shape index (κ3) is 4.97. The van der Waals surface area contributed by atoms with Crippen molar-refractivity contribution in [1.82, 2.24) is 0 Å². The van der Waals surface area contributed by atoms with E-state index in [1.165, 1.54) is 0 Å². The Morgan fingerprint density at radius 2 is 0.586 bits per heavy atom. The molecule has 0 N–H and O–H groups in total. The van der Waals surface area contributed by atoms with E-state index in [1.54, 1.807) is 64.0 Å². The van der Waals surface area contributed by atoms with Crippen molar-refractivity contribution in [2.24, 2.45) is 0 Å². The van der Waals surface area contributed by atoms with Gasteiger partial charge in [0.25, 0.3) is 0 Å². The second kappa shape index (κ2) is 11.9. The van der Waals surface area contributed by atoms with Gasteiger partial charge >= 0.3 is 26.4 Å². The van der Waals surface area contributed by atoms with Gasteiger partial charge in [0.15, 0.2) is 0 Å². The van der Waals surface area contributed by atoms with E-state index in [1.807, 2.05) is 20.8 Å². The lowest BCUT2D eigenvalue weighted by Gasteiger charge is -2.53. The fourth-order valence-corrected chi connectivity index (χ4v) is 14.4. The van der Waals surface area contributed by atoms with Crippen LogP contribution in [0.4, 0.5) is 0 Å². The van der Waals surface area contributed by atoms with Crippen molar-refractivity contribution in [3.05, 3.63) is 0 Å². The third-order valence-electron chi connectivity index (χ3n) is 6.30. The van der Waals surface area contributed by atoms with Gasteiger partial charge in [0.2, 0.25) is 0 Å². The Labute approximate surface area is 183 Å². The monoisotopic (exact) mass is 487 g/mol. The predicted octanol–water partition coefficient (Wildman–Crippen LogP) is 2.12. The van der Waals surface area contributed by atoms with E-state index in [2.05, 4.69) is 10.2 Å². The van der Waals surface area contributed by atoms with Crippen LogP contribution in [0.2, 0.25) is 21.7 Å². The normalized spacial score (nSPS) is 18.9. The van der Waals surface area contributed by atoms with E-state index in [4.69, 9.17) is 39.8 Å². The summed E-state index contributed by atoms with van der Waals surface area (Å²) in [6, 6.07) is 0. The summed E-state index contributed by atoms with van der Waals surface area (Å²) in [6.07, 6.45) is 0. The molecule has 0 saturated carbocycles. The summed E-state index contributed by atoms with van der Waals surface area (Å²) in [4.78, 5) is 0. The van der Waals surface area contributed by atoms with Crippen molar-refractivity contribution in [2.75, 3.05) is 64.0 Å². The maximum absolute atomic E-state index is 5.82. The highest BCUT2D eigenvalue weighted by molar-refractivity contribution is 6.69. The summed E-state index contributed by atoms with van der Waals surface area (Å²) in [5.74, 6) is 0. The maximum Gasteiger partial charge on any atom is 0.503 e. The van der Waals surface area contributed by atoms with Crippen LogP contribution in [0.3, 0.4) is 0 Å². The average molecular weight is 488 g/mol. The van der Waals surface area contributed by atoms with Crippen LogP contribution in [0, 0.1) is 0 Å². The Kier molecular flexibility index (Phi) is 12.1. The largest absolute Gasteiger partial charge is 0.503 e. The minimum atomic E-state index is -3.15. The van der Waals surface area contributed by atoms with Crippen LogP contribution < -0.4 is 0 Å². The zero-order chi connectivity index (χ0) is 23.1. The zero-order valence-electron chi connectivity index (χ0n) is 19.9. The molecule has 0 spiro atoms. The molecular weight excluding hydrogens is 449 g/mol. The van der Waals surface area contributed by atoms with Gasteiger partial charge in [-0.2, -0.15) is 0 Å². The molecule has 0 fully saturated rings. The fraction of sp³-hybridized carbons (Fsp3) is 1.00. The van der Waals surface area contributed by atoms with Gasteiger partial charge in [0.1, 0.15) is 0 Å². The smallest absolute Gasteiger partial charge is 0.377 e. The van der Waals surface area contributed by atoms with E-state index >= 15 is 0 Å². The number of rotatable bonds is 15. The highest BCUT2D eigenvalue weighted by atomic mass is 28.4. The first-order valence-corrected chi connectivity index (χ1v) is 15.1. The molecule has 0 aromatic rings. The second-order valence-electron chi connectivity index (χ2n) is 6.75. The molecule has 3 radical (unpaired) electrons. The van der Waals surface area contributed by atoms with Crippen molar-refractivity contribution in [2.45, 2.75) is 42.4 Å². The molecule has 0 aliphatic carbocycles. The van der Waals surface area contributed by atoms with E-state index in [-0.39, 0.29) is 16.6 Å². The van der Waals surface area contributed by atoms with Crippen LogP contribution in [0.15, 0.2) is 0 Å². The standard InChI is InChI=1S/C16H39O9Si4/c1-13(27(17-4,18-5)19-6)16(26,14(2)28(20-7,21-8)22-9)15(3)29(23-10,24-11)25-12/h13-15H,1-12H3. The number of hydrogen-bond donors (Lipinski definition) is 0. The molecule has 3 atom stereocenters. The van der Waals surface area contributed by atoms with Gasteiger partial charge < -0.3 is 39.8 Å². The molecule has 0 bridgehead atoms. The predicted molar refractivity (Wildman–Crippen MR) is 117 cm³/mol. The molecule has 0 rings (SSSR count). The van der Waals surface area contributed by atoms with E-state index < -0.39 is 31.5 Å². The highest BCUT2D eigenvalue weighted by Gasteiger charge is 2.68. The summed E-state index contributed by atoms with van der Waals surface area (Å²) >= 11 is 0. The summed E-state index contributed by atoms with van der Waals surface area (Å²) in [5.41, 5.74) is -0.885. The lowest BCUT2D eigenvalue weighted by atomic mass is 9.96. The van der Waals surface area contributed by atoms with Crippen molar-refractivity contribution in [3.63, 3.8) is 0 Å². The Morgan fingerprint density at radius 1 is 0.448 bits per heavy atom. The molecule has 29 heavy (non-hydrogen) atoms. The lowest BCUT2D eigenvalue weighted by molar-refractivity contribution is 0.0720. The quantitative estimate of drug-likeness (QED) is 0.322. The molecule has 3 unspecified atom stereocenters. The fourth-order valence-electron chi connectivity index (χ4n) is 4.34. The maximum atomic E-state index is 5.82. The van der Waals surface area contributed by atoms with Gasteiger partial charge in [-0.05, 0) is 5.04 Å². The van der Waals surface area contributed by atoms with Crippen molar-refractivity contribution >= 4 is 36.7 Å². The van der Waals surface area contributed by atoms with Gasteiger partial charge in [0, 0.05) is 90.9 Å². The van der Waals surface area contributed by atoms with Crippen LogP contribution in [-0.2, 0) is 39.8 Å². The van der Waals surface area contributed by atoms with Crippen LogP contribution in [-0.4, -0.2) is 101 Å². The van der Waals surface area contributed by atoms with Crippen LogP contribution in [0.1, 0.15) is 20.8 Å². The molecule has 0 amide bonds. The average Bonchev–Trinajstić information content (AvgIpc) is 2.77. The SMILES string of the molecule is CO[Si](OC)(OC)C(C)C([Si])(C(C)[Si](OC)(OC)OC)C(C)[Si](OC)(OC)OC. The summed E-state index contributed by atoms with van der Waals surface area (Å²) < 4.78 is 52.4. The van der Waals surface area contributed by atoms with Crippen molar-refractivity contribution < 1.29 is 39.8 Å². The summed E-state index contributed by atoms with van der Waals surface area (Å²) in [5, 5.41) is -0.795. The minimum absolute atomic E-state index is 0.295. The number of hydrogen-bond acceptors (Lipinski definition) is 9. The second-order valence-corrected chi connectivity index (χ2v) is 17.5. The Hall–Kier alpha value is 0.508. The van der Waals surface area contributed by atoms with E-state index in [0.717, 1.165) is 0 Å². The van der Waals surface area contributed by atoms with Crippen LogP contribution in [0.25, 0.3) is 0 Å². The Bertz CT molecular complexity index is 384. The van der Waals surface area contributed by atoms with Crippen LogP contribution >= 0.6 is 0 Å². The zero-order valence-corrected chi connectivity index (χ0v) is 23.9. The Morgan fingerprint density at radius 3 is 0.690 bits per heavy atom. The van der Waals surface area contributed by atoms with Gasteiger partial charge in [-0.15, -0.1) is 0 Å². The summed E-state index contributed by atoms with van der Waals surface area (Å²) in [6.45, 7) is 6.01. The van der Waals surface area contributed by atoms with Gasteiger partial charge in [-0.3, -0.25) is 0 Å². The van der Waals surface area contributed by atoms with Gasteiger partial charge in [0.05, 0.1) is 0 Å². The van der Waals surface area contributed by atoms with Crippen molar-refractivity contribution in [1.29, 1.82) is 0 Å². The first kappa shape index (κ1) is 29.5. The van der Waals surface area contributed by atoms with Crippen LogP contribution in [0.5, 0.6) is 0 Å². The summed E-state index contributed by atoms with van der Waals surface area (Å²) in [7, 11) is 8.89. The lowest BCUT2D eigenvalue weighted by Crippen LogP contribution is -2.61. The Balaban J connectivity index is 6.91. The topological polar surface area (TPSA) is 83.1 Å². The molecule has 0 aliphatic heterocycles. The molecule has 9 nitrogen and oxygen atoms in total. The molecular formula is C16H39O9Si4. The molecule has 0 heterocycles. The van der Waals surface area contributed by atoms with Crippen molar-refractivity contribution in [3.8, 4) is 0 Å². The first-order chi connectivity index (χ1) is 13.5. The molecule has 173 valence electrons. The first-order valence-electron chi connectivity index (χ1n) is 9.23. The molecule has 0 aliphatic rings. The van der Waals surface area contributed by atoms with E-state index in [9.17, 15) is 0 Å². The van der Waals surface area contributed by atoms with Gasteiger partial charge in [-0.1, -0.05) is 20.8 Å². The highest BCUT2D eigenvalue weighted by Crippen LogP contribution is 2.64. The molecule has 0 saturated heterocycles. The van der Waals surface area contributed by atoms with E-state index in [0.29, 0.717) is 0 Å². The molecule has 0 aromatic heterocycles. The third-order valence-corrected chi connectivity index (χ3v) is 18.2. The molecule has 13 heteroatoms. The van der Waals surface area contributed by atoms with Gasteiger partial charge in [-0.25, -0.2) is 0 Å². The molecule has 0 aromatic carbocycles.